The van der Waals surface area contributed by atoms with Gasteiger partial charge in [0, 0.05) is 0 Å². The summed E-state index contributed by atoms with van der Waals surface area (Å²) in [5.74, 6) is 0.804. The van der Waals surface area contributed by atoms with E-state index in [1.54, 1.807) is 7.11 Å². The van der Waals surface area contributed by atoms with Gasteiger partial charge in [-0.3, -0.25) is 10.1 Å². The summed E-state index contributed by atoms with van der Waals surface area (Å²) in [7, 11) is 1.60. The molecule has 1 heterocycles. The molecule has 0 radical (unpaired) electrons. The second-order valence-electron chi connectivity index (χ2n) is 3.87. The summed E-state index contributed by atoms with van der Waals surface area (Å²) in [4.78, 5) is 13.2. The van der Waals surface area contributed by atoms with Gasteiger partial charge >= 0.3 is 0 Å². The van der Waals surface area contributed by atoms with Crippen LogP contribution in [0.2, 0.25) is 0 Å². The van der Waals surface area contributed by atoms with Crippen LogP contribution >= 0.6 is 0 Å². The number of carbonyl (C=O) groups is 1. The molecular weight excluding hydrogens is 246 g/mol. The Morgan fingerprint density at radius 2 is 2.11 bits per heavy atom. The van der Waals surface area contributed by atoms with Gasteiger partial charge in [-0.05, 0) is 29.8 Å². The van der Waals surface area contributed by atoms with Gasteiger partial charge in [0.15, 0.2) is 0 Å². The zero-order valence-corrected chi connectivity index (χ0v) is 10.8. The Kier molecular flexibility index (Phi) is 4.07. The number of ether oxygens (including phenoxy) is 1. The van der Waals surface area contributed by atoms with Crippen molar-refractivity contribution in [2.24, 2.45) is 0 Å². The number of benzene rings is 1. The third-order valence-corrected chi connectivity index (χ3v) is 2.51. The van der Waals surface area contributed by atoms with Crippen molar-refractivity contribution in [1.82, 2.24) is 20.2 Å². The first-order chi connectivity index (χ1) is 9.21. The van der Waals surface area contributed by atoms with Crippen molar-refractivity contribution < 1.29 is 9.53 Å². The summed E-state index contributed by atoms with van der Waals surface area (Å²) in [6.07, 6.45) is 0.255. The molecule has 2 aromatic rings. The van der Waals surface area contributed by atoms with Crippen molar-refractivity contribution in [3.05, 3.63) is 29.8 Å². The molecule has 0 aliphatic carbocycles. The molecule has 7 nitrogen and oxygen atoms in total. The minimum atomic E-state index is -0.180. The highest BCUT2D eigenvalue weighted by atomic mass is 16.5. The van der Waals surface area contributed by atoms with Crippen LogP contribution in [0.1, 0.15) is 12.5 Å². The van der Waals surface area contributed by atoms with Gasteiger partial charge in [-0.25, -0.2) is 0 Å². The molecule has 1 N–H and O–H groups in total. The van der Waals surface area contributed by atoms with Gasteiger partial charge < -0.3 is 4.74 Å². The minimum absolute atomic E-state index is 0.180. The van der Waals surface area contributed by atoms with Crippen LogP contribution in [0.15, 0.2) is 24.3 Å². The van der Waals surface area contributed by atoms with Crippen molar-refractivity contribution in [2.45, 2.75) is 19.9 Å². The van der Waals surface area contributed by atoms with Gasteiger partial charge in [-0.1, -0.05) is 17.2 Å². The first-order valence-corrected chi connectivity index (χ1v) is 5.92. The van der Waals surface area contributed by atoms with E-state index in [1.165, 1.54) is 4.80 Å². The van der Waals surface area contributed by atoms with Crippen molar-refractivity contribution in [2.75, 3.05) is 12.4 Å². The fourth-order valence-electron chi connectivity index (χ4n) is 1.52. The number of tetrazole rings is 1. The third kappa shape index (κ3) is 3.51. The predicted octanol–water partition coefficient (Wildman–Crippen LogP) is 0.883. The lowest BCUT2D eigenvalue weighted by molar-refractivity contribution is -0.115. The molecule has 7 heteroatoms. The summed E-state index contributed by atoms with van der Waals surface area (Å²) >= 11 is 0. The van der Waals surface area contributed by atoms with E-state index in [0.717, 1.165) is 11.3 Å². The first kappa shape index (κ1) is 13.0. The van der Waals surface area contributed by atoms with E-state index in [4.69, 9.17) is 4.74 Å². The van der Waals surface area contributed by atoms with Crippen LogP contribution in [-0.2, 0) is 17.8 Å². The van der Waals surface area contributed by atoms with Gasteiger partial charge in [0.25, 0.3) is 5.95 Å². The van der Waals surface area contributed by atoms with Crippen LogP contribution in [0.25, 0.3) is 0 Å². The average molecular weight is 261 g/mol. The Balaban J connectivity index is 1.93. The molecule has 0 atom stereocenters. The van der Waals surface area contributed by atoms with Gasteiger partial charge in [-0.2, -0.15) is 4.80 Å². The second-order valence-corrected chi connectivity index (χ2v) is 3.87. The summed E-state index contributed by atoms with van der Waals surface area (Å²) in [6.45, 7) is 2.51. The Morgan fingerprint density at radius 3 is 2.68 bits per heavy atom. The Hall–Kier alpha value is -2.44. The quantitative estimate of drug-likeness (QED) is 0.864. The molecule has 0 unspecified atom stereocenters. The lowest BCUT2D eigenvalue weighted by Crippen LogP contribution is -2.15. The summed E-state index contributed by atoms with van der Waals surface area (Å²) < 4.78 is 5.05. The highest BCUT2D eigenvalue weighted by molar-refractivity contribution is 5.90. The number of aromatic nitrogens is 4. The van der Waals surface area contributed by atoms with Crippen LogP contribution in [0, 0.1) is 0 Å². The summed E-state index contributed by atoms with van der Waals surface area (Å²) in [5, 5.41) is 14.1. The monoisotopic (exact) mass is 261 g/mol. The molecule has 0 saturated carbocycles. The smallest absolute Gasteiger partial charge is 0.270 e. The number of nitrogens with zero attached hydrogens (tertiary/aromatic N) is 4. The van der Waals surface area contributed by atoms with Gasteiger partial charge in [0.1, 0.15) is 5.75 Å². The predicted molar refractivity (Wildman–Crippen MR) is 68.8 cm³/mol. The molecule has 1 aromatic carbocycles. The summed E-state index contributed by atoms with van der Waals surface area (Å²) in [6, 6.07) is 7.31. The number of rotatable bonds is 5. The van der Waals surface area contributed by atoms with Crippen molar-refractivity contribution in [1.29, 1.82) is 0 Å². The number of aryl methyl sites for hydroxylation is 1. The van der Waals surface area contributed by atoms with Gasteiger partial charge in [0.05, 0.1) is 20.1 Å². The summed E-state index contributed by atoms with van der Waals surface area (Å²) in [5.41, 5.74) is 0.890. The van der Waals surface area contributed by atoms with Gasteiger partial charge in [-0.15, -0.1) is 5.10 Å². The number of nitrogens with one attached hydrogen (secondary N) is 1. The molecule has 19 heavy (non-hydrogen) atoms. The second kappa shape index (κ2) is 5.94. The minimum Gasteiger partial charge on any atom is -0.497 e. The van der Waals surface area contributed by atoms with E-state index in [0.29, 0.717) is 6.54 Å². The van der Waals surface area contributed by atoms with E-state index < -0.39 is 0 Å². The standard InChI is InChI=1S/C12H15N5O2/c1-3-17-15-12(14-16-17)13-11(18)8-9-4-6-10(19-2)7-5-9/h4-7H,3,8H2,1-2H3,(H,13,15,18). The topological polar surface area (TPSA) is 81.9 Å². The maximum Gasteiger partial charge on any atom is 0.270 e. The zero-order valence-electron chi connectivity index (χ0n) is 10.8. The van der Waals surface area contributed by atoms with Crippen molar-refractivity contribution >= 4 is 11.9 Å². The molecule has 0 bridgehead atoms. The molecule has 0 saturated heterocycles. The van der Waals surface area contributed by atoms with E-state index in [1.807, 2.05) is 31.2 Å². The largest absolute Gasteiger partial charge is 0.497 e. The Morgan fingerprint density at radius 1 is 1.37 bits per heavy atom. The van der Waals surface area contributed by atoms with Crippen molar-refractivity contribution in [3.63, 3.8) is 0 Å². The molecule has 1 amide bonds. The molecule has 100 valence electrons. The molecular formula is C12H15N5O2. The maximum absolute atomic E-state index is 11.8. The molecule has 0 spiro atoms. The molecule has 0 aliphatic heterocycles. The number of carbonyl (C=O) groups excluding carboxylic acids is 1. The molecule has 1 aromatic heterocycles. The Bertz CT molecular complexity index is 550. The van der Waals surface area contributed by atoms with E-state index in [9.17, 15) is 4.79 Å². The lowest BCUT2D eigenvalue weighted by Gasteiger charge is -2.03. The first-order valence-electron chi connectivity index (χ1n) is 5.92. The molecule has 2 rings (SSSR count). The number of amides is 1. The highest BCUT2D eigenvalue weighted by Crippen LogP contribution is 2.11. The fourth-order valence-corrected chi connectivity index (χ4v) is 1.52. The normalized spacial score (nSPS) is 10.2. The van der Waals surface area contributed by atoms with Crippen molar-refractivity contribution in [3.8, 4) is 5.75 Å². The highest BCUT2D eigenvalue weighted by Gasteiger charge is 2.08. The Labute approximate surface area is 110 Å². The van der Waals surface area contributed by atoms with E-state index in [-0.39, 0.29) is 18.3 Å². The van der Waals surface area contributed by atoms with Gasteiger partial charge in [0.2, 0.25) is 5.91 Å². The fraction of sp³-hybridized carbons (Fsp3) is 0.333. The molecule has 0 fully saturated rings. The van der Waals surface area contributed by atoms with E-state index in [2.05, 4.69) is 20.7 Å². The van der Waals surface area contributed by atoms with Crippen LogP contribution in [0.3, 0.4) is 0 Å². The van der Waals surface area contributed by atoms with E-state index >= 15 is 0 Å². The molecule has 0 aliphatic rings. The number of hydrogen-bond acceptors (Lipinski definition) is 5. The number of anilines is 1. The number of methoxy groups -OCH3 is 1. The average Bonchev–Trinajstić information content (AvgIpc) is 2.87. The van der Waals surface area contributed by atoms with Crippen LogP contribution in [0.4, 0.5) is 5.95 Å². The van der Waals surface area contributed by atoms with Crippen LogP contribution < -0.4 is 10.1 Å². The maximum atomic E-state index is 11.8. The van der Waals surface area contributed by atoms with Crippen LogP contribution in [0.5, 0.6) is 5.75 Å². The SMILES string of the molecule is CCn1nnc(NC(=O)Cc2ccc(OC)cc2)n1. The third-order valence-electron chi connectivity index (χ3n) is 2.51. The lowest BCUT2D eigenvalue weighted by atomic mass is 10.1. The van der Waals surface area contributed by atoms with Crippen LogP contribution in [-0.4, -0.2) is 33.2 Å². The number of hydrogen-bond donors (Lipinski definition) is 1. The zero-order chi connectivity index (χ0) is 13.7.